The van der Waals surface area contributed by atoms with Gasteiger partial charge in [0.1, 0.15) is 11.6 Å². The van der Waals surface area contributed by atoms with E-state index in [1.807, 2.05) is 18.3 Å². The van der Waals surface area contributed by atoms with Crippen LogP contribution in [-0.2, 0) is 13.1 Å². The zero-order valence-electron chi connectivity index (χ0n) is 16.1. The van der Waals surface area contributed by atoms with Crippen LogP contribution < -0.4 is 15.5 Å². The molecule has 27 heavy (non-hydrogen) atoms. The van der Waals surface area contributed by atoms with Crippen molar-refractivity contribution in [3.05, 3.63) is 59.0 Å². The van der Waals surface area contributed by atoms with Crippen LogP contribution in [0.3, 0.4) is 0 Å². The van der Waals surface area contributed by atoms with Gasteiger partial charge in [-0.2, -0.15) is 0 Å². The first-order valence-corrected chi connectivity index (χ1v) is 9.55. The number of pyridine rings is 1. The van der Waals surface area contributed by atoms with Crippen molar-refractivity contribution in [1.82, 2.24) is 15.6 Å². The normalized spacial score (nSPS) is 14.9. The molecular weight excluding hydrogens is 341 g/mol. The number of aromatic nitrogens is 1. The van der Waals surface area contributed by atoms with Gasteiger partial charge in [-0.3, -0.25) is 4.99 Å². The summed E-state index contributed by atoms with van der Waals surface area (Å²) in [5.74, 6) is 1.59. The first-order chi connectivity index (χ1) is 13.2. The Balaban J connectivity index is 1.53. The van der Waals surface area contributed by atoms with E-state index in [9.17, 15) is 4.39 Å². The molecule has 6 heteroatoms. The van der Waals surface area contributed by atoms with E-state index in [1.165, 1.54) is 30.9 Å². The molecule has 0 atom stereocenters. The number of nitrogens with zero attached hydrogens (tertiary/aromatic N) is 3. The van der Waals surface area contributed by atoms with Crippen molar-refractivity contribution >= 4 is 11.8 Å². The highest BCUT2D eigenvalue weighted by atomic mass is 19.1. The molecule has 2 heterocycles. The van der Waals surface area contributed by atoms with Gasteiger partial charge < -0.3 is 15.5 Å². The van der Waals surface area contributed by atoms with Crippen LogP contribution in [0.15, 0.2) is 41.5 Å². The summed E-state index contributed by atoms with van der Waals surface area (Å²) < 4.78 is 13.4. The molecule has 0 unspecified atom stereocenters. The quantitative estimate of drug-likeness (QED) is 0.627. The number of rotatable bonds is 5. The van der Waals surface area contributed by atoms with Crippen LogP contribution in [0.2, 0.25) is 0 Å². The van der Waals surface area contributed by atoms with Crippen molar-refractivity contribution in [3.63, 3.8) is 0 Å². The average Bonchev–Trinajstić information content (AvgIpc) is 2.71. The minimum atomic E-state index is -0.177. The van der Waals surface area contributed by atoms with Gasteiger partial charge >= 0.3 is 0 Å². The Hall–Kier alpha value is -2.63. The fraction of sp³-hybridized carbons (Fsp3) is 0.429. The predicted octanol–water partition coefficient (Wildman–Crippen LogP) is 3.38. The summed E-state index contributed by atoms with van der Waals surface area (Å²) in [7, 11) is 1.75. The van der Waals surface area contributed by atoms with E-state index >= 15 is 0 Å². The molecule has 1 aliphatic rings. The molecule has 1 aromatic heterocycles. The van der Waals surface area contributed by atoms with Crippen molar-refractivity contribution in [3.8, 4) is 0 Å². The maximum Gasteiger partial charge on any atom is 0.191 e. The van der Waals surface area contributed by atoms with Crippen molar-refractivity contribution < 1.29 is 4.39 Å². The number of anilines is 1. The largest absolute Gasteiger partial charge is 0.357 e. The van der Waals surface area contributed by atoms with Gasteiger partial charge in [-0.25, -0.2) is 9.37 Å². The molecule has 2 aromatic rings. The lowest BCUT2D eigenvalue weighted by Crippen LogP contribution is -2.36. The third-order valence-corrected chi connectivity index (χ3v) is 4.86. The molecule has 5 nitrogen and oxygen atoms in total. The highest BCUT2D eigenvalue weighted by Crippen LogP contribution is 2.18. The number of halogens is 1. The van der Waals surface area contributed by atoms with E-state index in [-0.39, 0.29) is 5.82 Å². The zero-order valence-corrected chi connectivity index (χ0v) is 16.1. The molecule has 144 valence electrons. The van der Waals surface area contributed by atoms with E-state index in [0.29, 0.717) is 24.6 Å². The summed E-state index contributed by atoms with van der Waals surface area (Å²) in [5.41, 5.74) is 2.85. The number of guanidine groups is 1. The highest BCUT2D eigenvalue weighted by molar-refractivity contribution is 5.79. The topological polar surface area (TPSA) is 52.6 Å². The van der Waals surface area contributed by atoms with Gasteiger partial charge in [-0.1, -0.05) is 12.1 Å². The monoisotopic (exact) mass is 369 g/mol. The third kappa shape index (κ3) is 5.42. The fourth-order valence-electron chi connectivity index (χ4n) is 3.28. The van der Waals surface area contributed by atoms with Crippen molar-refractivity contribution in [2.24, 2.45) is 4.99 Å². The lowest BCUT2D eigenvalue weighted by Gasteiger charge is -2.28. The number of hydrogen-bond donors (Lipinski definition) is 2. The molecule has 0 bridgehead atoms. The van der Waals surface area contributed by atoms with E-state index in [1.54, 1.807) is 20.0 Å². The van der Waals surface area contributed by atoms with Gasteiger partial charge in [0.05, 0.1) is 0 Å². The molecule has 0 aliphatic carbocycles. The number of nitrogens with one attached hydrogen (secondary N) is 2. The van der Waals surface area contributed by atoms with Gasteiger partial charge in [0, 0.05) is 39.4 Å². The number of aryl methyl sites for hydroxylation is 1. The minimum Gasteiger partial charge on any atom is -0.357 e. The van der Waals surface area contributed by atoms with Crippen molar-refractivity contribution in [1.29, 1.82) is 0 Å². The summed E-state index contributed by atoms with van der Waals surface area (Å²) in [4.78, 5) is 11.1. The number of benzene rings is 1. The number of piperidine rings is 1. The summed E-state index contributed by atoms with van der Waals surface area (Å²) >= 11 is 0. The fourth-order valence-corrected chi connectivity index (χ4v) is 3.28. The molecule has 1 aromatic carbocycles. The number of hydrogen-bond acceptors (Lipinski definition) is 3. The Kier molecular flexibility index (Phi) is 6.63. The second kappa shape index (κ2) is 9.35. The van der Waals surface area contributed by atoms with Gasteiger partial charge in [0.2, 0.25) is 0 Å². The summed E-state index contributed by atoms with van der Waals surface area (Å²) in [6.45, 7) is 5.21. The van der Waals surface area contributed by atoms with Gasteiger partial charge in [0.15, 0.2) is 5.96 Å². The number of aliphatic imine (C=N–C) groups is 1. The van der Waals surface area contributed by atoms with E-state index in [2.05, 4.69) is 31.6 Å². The maximum atomic E-state index is 13.4. The molecular formula is C21H28FN5. The molecule has 0 spiro atoms. The molecule has 0 saturated carbocycles. The van der Waals surface area contributed by atoms with Gasteiger partial charge in [0.25, 0.3) is 0 Å². The minimum absolute atomic E-state index is 0.177. The van der Waals surface area contributed by atoms with Crippen LogP contribution in [-0.4, -0.2) is 31.1 Å². The van der Waals surface area contributed by atoms with E-state index in [4.69, 9.17) is 0 Å². The smallest absolute Gasteiger partial charge is 0.191 e. The van der Waals surface area contributed by atoms with Gasteiger partial charge in [-0.15, -0.1) is 0 Å². The highest BCUT2D eigenvalue weighted by Gasteiger charge is 2.12. The van der Waals surface area contributed by atoms with Crippen LogP contribution in [0.5, 0.6) is 0 Å². The SMILES string of the molecule is CN=C(NCc1ccnc(N2CCCCC2)c1)NCc1ccc(F)c(C)c1. The van der Waals surface area contributed by atoms with Crippen LogP contribution in [0.4, 0.5) is 10.2 Å². The predicted molar refractivity (Wildman–Crippen MR) is 108 cm³/mol. The standard InChI is InChI=1S/C21H28FN5/c1-16-12-17(6-7-19(16)22)14-25-21(23-2)26-15-18-8-9-24-20(13-18)27-10-4-3-5-11-27/h6-9,12-13H,3-5,10-11,14-15H2,1-2H3,(H2,23,25,26). The Labute approximate surface area is 160 Å². The third-order valence-electron chi connectivity index (χ3n) is 4.86. The van der Waals surface area contributed by atoms with Crippen LogP contribution >= 0.6 is 0 Å². The Bertz CT molecular complexity index is 784. The molecule has 2 N–H and O–H groups in total. The first-order valence-electron chi connectivity index (χ1n) is 9.55. The lowest BCUT2D eigenvalue weighted by molar-refractivity contribution is 0.573. The second-order valence-electron chi connectivity index (χ2n) is 6.93. The molecule has 3 rings (SSSR count). The Morgan fingerprint density at radius 1 is 1.07 bits per heavy atom. The summed E-state index contributed by atoms with van der Waals surface area (Å²) in [6, 6.07) is 9.31. The Morgan fingerprint density at radius 2 is 1.78 bits per heavy atom. The molecule has 1 aliphatic heterocycles. The molecule has 1 saturated heterocycles. The summed E-state index contributed by atoms with van der Waals surface area (Å²) in [6.07, 6.45) is 5.67. The van der Waals surface area contributed by atoms with E-state index in [0.717, 1.165) is 24.5 Å². The maximum absolute atomic E-state index is 13.4. The average molecular weight is 369 g/mol. The summed E-state index contributed by atoms with van der Waals surface area (Å²) in [5, 5.41) is 6.60. The second-order valence-corrected chi connectivity index (χ2v) is 6.93. The molecule has 0 amide bonds. The van der Waals surface area contributed by atoms with Crippen LogP contribution in [0.1, 0.15) is 36.0 Å². The van der Waals surface area contributed by atoms with Crippen molar-refractivity contribution in [2.45, 2.75) is 39.3 Å². The van der Waals surface area contributed by atoms with Crippen LogP contribution in [0.25, 0.3) is 0 Å². The molecule has 0 radical (unpaired) electrons. The van der Waals surface area contributed by atoms with Gasteiger partial charge in [-0.05, 0) is 61.1 Å². The lowest BCUT2D eigenvalue weighted by atomic mass is 10.1. The van der Waals surface area contributed by atoms with Crippen LogP contribution in [0, 0.1) is 12.7 Å². The Morgan fingerprint density at radius 3 is 2.44 bits per heavy atom. The zero-order chi connectivity index (χ0) is 19.1. The molecule has 1 fully saturated rings. The van der Waals surface area contributed by atoms with E-state index < -0.39 is 0 Å². The van der Waals surface area contributed by atoms with Crippen molar-refractivity contribution in [2.75, 3.05) is 25.0 Å². The first kappa shape index (κ1) is 19.1.